The Morgan fingerprint density at radius 3 is 2.50 bits per heavy atom. The van der Waals surface area contributed by atoms with Gasteiger partial charge in [0.15, 0.2) is 0 Å². The molecule has 1 aliphatic heterocycles. The minimum atomic E-state index is -0.396. The Bertz CT molecular complexity index is 1040. The molecule has 4 rings (SSSR count). The molecule has 1 unspecified atom stereocenters. The monoisotopic (exact) mass is 405 g/mol. The Morgan fingerprint density at radius 1 is 1.07 bits per heavy atom. The Morgan fingerprint density at radius 2 is 1.83 bits per heavy atom. The van der Waals surface area contributed by atoms with Gasteiger partial charge in [0.1, 0.15) is 18.3 Å². The number of amides is 2. The van der Waals surface area contributed by atoms with Crippen LogP contribution < -0.4 is 4.90 Å². The van der Waals surface area contributed by atoms with Crippen molar-refractivity contribution in [1.29, 1.82) is 0 Å². The van der Waals surface area contributed by atoms with Crippen LogP contribution in [-0.4, -0.2) is 33.9 Å². The predicted molar refractivity (Wildman–Crippen MR) is 116 cm³/mol. The zero-order valence-electron chi connectivity index (χ0n) is 17.6. The van der Waals surface area contributed by atoms with E-state index in [2.05, 4.69) is 4.57 Å². The molecule has 0 radical (unpaired) electrons. The number of para-hydroxylation sites is 2. The Kier molecular flexibility index (Phi) is 5.48. The molecular formula is C24H27N3O3. The normalized spacial score (nSPS) is 15.1. The van der Waals surface area contributed by atoms with Gasteiger partial charge in [-0.3, -0.25) is 14.5 Å². The van der Waals surface area contributed by atoms with Crippen LogP contribution in [0.2, 0.25) is 0 Å². The summed E-state index contributed by atoms with van der Waals surface area (Å²) in [6.07, 6.45) is 4.81. The Hall–Kier alpha value is -3.28. The summed E-state index contributed by atoms with van der Waals surface area (Å²) in [4.78, 5) is 29.8. The van der Waals surface area contributed by atoms with Crippen LogP contribution in [0.3, 0.4) is 0 Å². The van der Waals surface area contributed by atoms with E-state index < -0.39 is 6.04 Å². The standard InChI is InChI=1S/C24H27N3O3/c1-4-9-22(28)26(17(2)3)16-23(29)27-19-11-6-5-10-18(19)25-14-7-12-20(25)24(27)21-13-8-15-30-21/h5-8,10-15,17,24H,4,9,16H2,1-3H3. The van der Waals surface area contributed by atoms with Crippen LogP contribution in [0.4, 0.5) is 5.69 Å². The van der Waals surface area contributed by atoms with Gasteiger partial charge in [-0.15, -0.1) is 0 Å². The Balaban J connectivity index is 1.78. The molecule has 1 aliphatic rings. The molecule has 6 nitrogen and oxygen atoms in total. The molecule has 0 spiro atoms. The van der Waals surface area contributed by atoms with Crippen LogP contribution in [0.1, 0.15) is 51.1 Å². The summed E-state index contributed by atoms with van der Waals surface area (Å²) in [5.41, 5.74) is 2.69. The van der Waals surface area contributed by atoms with Crippen molar-refractivity contribution in [2.24, 2.45) is 0 Å². The van der Waals surface area contributed by atoms with E-state index in [-0.39, 0.29) is 24.4 Å². The number of benzene rings is 1. The fourth-order valence-electron chi connectivity index (χ4n) is 4.12. The lowest BCUT2D eigenvalue weighted by Gasteiger charge is -2.38. The first-order chi connectivity index (χ1) is 14.5. The zero-order valence-corrected chi connectivity index (χ0v) is 17.6. The number of aromatic nitrogens is 1. The number of hydrogen-bond acceptors (Lipinski definition) is 3. The molecule has 1 atom stereocenters. The summed E-state index contributed by atoms with van der Waals surface area (Å²) in [5, 5.41) is 0. The van der Waals surface area contributed by atoms with Gasteiger partial charge in [-0.1, -0.05) is 19.1 Å². The molecule has 156 valence electrons. The first-order valence-corrected chi connectivity index (χ1v) is 10.4. The van der Waals surface area contributed by atoms with E-state index in [1.54, 1.807) is 16.1 Å². The van der Waals surface area contributed by atoms with Crippen molar-refractivity contribution >= 4 is 17.5 Å². The van der Waals surface area contributed by atoms with E-state index in [9.17, 15) is 9.59 Å². The van der Waals surface area contributed by atoms with E-state index in [4.69, 9.17) is 4.42 Å². The lowest BCUT2D eigenvalue weighted by Crippen LogP contribution is -2.48. The third-order valence-electron chi connectivity index (χ3n) is 5.51. The van der Waals surface area contributed by atoms with Gasteiger partial charge in [-0.2, -0.15) is 0 Å². The zero-order chi connectivity index (χ0) is 21.3. The highest BCUT2D eigenvalue weighted by Gasteiger charge is 2.38. The van der Waals surface area contributed by atoms with E-state index >= 15 is 0 Å². The summed E-state index contributed by atoms with van der Waals surface area (Å²) < 4.78 is 7.84. The fourth-order valence-corrected chi connectivity index (χ4v) is 4.12. The molecule has 0 bridgehead atoms. The largest absolute Gasteiger partial charge is 0.467 e. The number of carbonyl (C=O) groups is 2. The van der Waals surface area contributed by atoms with Gasteiger partial charge in [0.2, 0.25) is 11.8 Å². The summed E-state index contributed by atoms with van der Waals surface area (Å²) in [7, 11) is 0. The number of hydrogen-bond donors (Lipinski definition) is 0. The molecule has 3 aromatic rings. The van der Waals surface area contributed by atoms with Gasteiger partial charge < -0.3 is 13.9 Å². The van der Waals surface area contributed by atoms with Gasteiger partial charge in [0.25, 0.3) is 0 Å². The van der Waals surface area contributed by atoms with Crippen LogP contribution in [0.15, 0.2) is 65.4 Å². The van der Waals surface area contributed by atoms with Gasteiger partial charge in [-0.25, -0.2) is 0 Å². The minimum absolute atomic E-state index is 0.00377. The number of nitrogens with zero attached hydrogens (tertiary/aromatic N) is 3. The second kappa shape index (κ2) is 8.22. The third-order valence-corrected chi connectivity index (χ3v) is 5.51. The highest BCUT2D eigenvalue weighted by molar-refractivity contribution is 6.00. The third kappa shape index (κ3) is 3.43. The highest BCUT2D eigenvalue weighted by Crippen LogP contribution is 2.42. The van der Waals surface area contributed by atoms with Crippen LogP contribution in [-0.2, 0) is 9.59 Å². The van der Waals surface area contributed by atoms with Crippen molar-refractivity contribution in [2.45, 2.75) is 45.7 Å². The number of rotatable bonds is 6. The second-order valence-electron chi connectivity index (χ2n) is 7.84. The summed E-state index contributed by atoms with van der Waals surface area (Å²) in [5.74, 6) is 0.562. The number of carbonyl (C=O) groups excluding carboxylic acids is 2. The predicted octanol–water partition coefficient (Wildman–Crippen LogP) is 4.54. The quantitative estimate of drug-likeness (QED) is 0.605. The van der Waals surface area contributed by atoms with Crippen molar-refractivity contribution in [3.63, 3.8) is 0 Å². The molecule has 2 aromatic heterocycles. The van der Waals surface area contributed by atoms with E-state index in [0.717, 1.165) is 23.5 Å². The summed E-state index contributed by atoms with van der Waals surface area (Å²) >= 11 is 0. The smallest absolute Gasteiger partial charge is 0.247 e. The molecule has 0 aliphatic carbocycles. The SMILES string of the molecule is CCCC(=O)N(CC(=O)N1c2ccccc2-n2cccc2C1c1ccco1)C(C)C. The van der Waals surface area contributed by atoms with Crippen molar-refractivity contribution in [1.82, 2.24) is 9.47 Å². The molecule has 0 saturated heterocycles. The lowest BCUT2D eigenvalue weighted by molar-refractivity contribution is -0.137. The fraction of sp³-hybridized carbons (Fsp3) is 0.333. The first kappa shape index (κ1) is 20.0. The van der Waals surface area contributed by atoms with Crippen molar-refractivity contribution in [3.05, 3.63) is 72.4 Å². The maximum atomic E-state index is 13.7. The van der Waals surface area contributed by atoms with Gasteiger partial charge in [0, 0.05) is 18.7 Å². The van der Waals surface area contributed by atoms with Gasteiger partial charge in [0.05, 0.1) is 23.3 Å². The lowest BCUT2D eigenvalue weighted by atomic mass is 10.0. The molecule has 2 amide bonds. The van der Waals surface area contributed by atoms with E-state index in [1.807, 2.05) is 75.5 Å². The maximum absolute atomic E-state index is 13.7. The Labute approximate surface area is 176 Å². The molecular weight excluding hydrogens is 378 g/mol. The minimum Gasteiger partial charge on any atom is -0.467 e. The van der Waals surface area contributed by atoms with Crippen molar-refractivity contribution in [3.8, 4) is 5.69 Å². The van der Waals surface area contributed by atoms with Crippen LogP contribution >= 0.6 is 0 Å². The summed E-state index contributed by atoms with van der Waals surface area (Å²) in [6, 6.07) is 15.1. The van der Waals surface area contributed by atoms with E-state index in [1.165, 1.54) is 0 Å². The molecule has 30 heavy (non-hydrogen) atoms. The molecule has 3 heterocycles. The average molecular weight is 405 g/mol. The first-order valence-electron chi connectivity index (χ1n) is 10.4. The molecule has 6 heteroatoms. The second-order valence-corrected chi connectivity index (χ2v) is 7.84. The number of anilines is 1. The maximum Gasteiger partial charge on any atom is 0.247 e. The van der Waals surface area contributed by atoms with Crippen LogP contribution in [0, 0.1) is 0 Å². The summed E-state index contributed by atoms with van der Waals surface area (Å²) in [6.45, 7) is 5.89. The van der Waals surface area contributed by atoms with Crippen LogP contribution in [0.5, 0.6) is 0 Å². The van der Waals surface area contributed by atoms with Crippen LogP contribution in [0.25, 0.3) is 5.69 Å². The molecule has 1 aromatic carbocycles. The van der Waals surface area contributed by atoms with E-state index in [0.29, 0.717) is 12.2 Å². The number of furan rings is 1. The molecule has 0 N–H and O–H groups in total. The number of fused-ring (bicyclic) bond motifs is 3. The van der Waals surface area contributed by atoms with Gasteiger partial charge in [-0.05, 0) is 56.7 Å². The molecule has 0 saturated carbocycles. The average Bonchev–Trinajstić information content (AvgIpc) is 3.42. The topological polar surface area (TPSA) is 58.7 Å². The van der Waals surface area contributed by atoms with Gasteiger partial charge >= 0.3 is 0 Å². The van der Waals surface area contributed by atoms with Crippen molar-refractivity contribution < 1.29 is 14.0 Å². The highest BCUT2D eigenvalue weighted by atomic mass is 16.3. The van der Waals surface area contributed by atoms with Crippen molar-refractivity contribution in [2.75, 3.05) is 11.4 Å². The molecule has 0 fully saturated rings.